The van der Waals surface area contributed by atoms with Crippen molar-refractivity contribution in [1.29, 1.82) is 0 Å². The van der Waals surface area contributed by atoms with Crippen LogP contribution in [-0.4, -0.2) is 50.3 Å². The summed E-state index contributed by atoms with van der Waals surface area (Å²) in [6, 6.07) is 9.91. The summed E-state index contributed by atoms with van der Waals surface area (Å²) in [5.74, 6) is 0.847. The van der Waals surface area contributed by atoms with Gasteiger partial charge in [0.05, 0.1) is 11.4 Å². The summed E-state index contributed by atoms with van der Waals surface area (Å²) in [6.45, 7) is 8.81. The first-order valence-corrected chi connectivity index (χ1v) is 11.9. The van der Waals surface area contributed by atoms with Gasteiger partial charge in [0.15, 0.2) is 11.6 Å². The summed E-state index contributed by atoms with van der Waals surface area (Å²) in [5, 5.41) is 7.77. The third-order valence-corrected chi connectivity index (χ3v) is 6.90. The molecule has 2 aliphatic rings. The van der Waals surface area contributed by atoms with Crippen LogP contribution in [0.3, 0.4) is 0 Å². The number of pyridine rings is 2. The average Bonchev–Trinajstić information content (AvgIpc) is 3.52. The van der Waals surface area contributed by atoms with E-state index in [0.717, 1.165) is 55.1 Å². The molecule has 178 valence electrons. The number of likely N-dealkylation sites (tertiary alicyclic amines) is 1. The van der Waals surface area contributed by atoms with E-state index < -0.39 is 0 Å². The number of rotatable bonds is 5. The maximum absolute atomic E-state index is 12.4. The maximum atomic E-state index is 12.4. The second kappa shape index (κ2) is 8.62. The van der Waals surface area contributed by atoms with Crippen molar-refractivity contribution in [2.75, 3.05) is 25.4 Å². The molecule has 3 aromatic heterocycles. The van der Waals surface area contributed by atoms with Crippen LogP contribution in [-0.2, 0) is 12.0 Å². The molecule has 3 N–H and O–H groups in total. The van der Waals surface area contributed by atoms with Crippen LogP contribution in [0.2, 0.25) is 0 Å². The molecule has 3 aromatic rings. The molecule has 0 aromatic carbocycles. The third kappa shape index (κ3) is 3.95. The Bertz CT molecular complexity index is 1220. The Labute approximate surface area is 199 Å². The van der Waals surface area contributed by atoms with Gasteiger partial charge in [-0.2, -0.15) is 5.10 Å². The zero-order valence-electron chi connectivity index (χ0n) is 19.9. The van der Waals surface area contributed by atoms with Gasteiger partial charge in [-0.15, -0.1) is 0 Å². The van der Waals surface area contributed by atoms with E-state index in [4.69, 9.17) is 15.6 Å². The van der Waals surface area contributed by atoms with E-state index in [1.807, 2.05) is 49.9 Å². The van der Waals surface area contributed by atoms with Crippen LogP contribution in [0.25, 0.3) is 11.3 Å². The molecule has 2 aliphatic heterocycles. The normalized spacial score (nSPS) is 19.9. The number of anilines is 1. The topological polar surface area (TPSA) is 111 Å². The van der Waals surface area contributed by atoms with E-state index >= 15 is 0 Å². The molecule has 0 saturated carbocycles. The number of nitrogen functional groups attached to an aromatic ring is 1. The van der Waals surface area contributed by atoms with Crippen molar-refractivity contribution in [3.8, 4) is 17.0 Å². The van der Waals surface area contributed by atoms with Gasteiger partial charge in [0.2, 0.25) is 0 Å². The second-order valence-electron chi connectivity index (χ2n) is 9.25. The first-order chi connectivity index (χ1) is 16.4. The minimum atomic E-state index is -0.270. The summed E-state index contributed by atoms with van der Waals surface area (Å²) < 4.78 is 8.22. The van der Waals surface area contributed by atoms with Crippen molar-refractivity contribution in [3.63, 3.8) is 0 Å². The highest BCUT2D eigenvalue weighted by Gasteiger charge is 2.46. The molecule has 1 spiro atoms. The van der Waals surface area contributed by atoms with Crippen LogP contribution in [0, 0.1) is 6.92 Å². The number of nitrogens with two attached hydrogens (primary N) is 1. The highest BCUT2D eigenvalue weighted by Crippen LogP contribution is 2.44. The number of aromatic nitrogens is 4. The second-order valence-corrected chi connectivity index (χ2v) is 9.25. The Morgan fingerprint density at radius 3 is 2.91 bits per heavy atom. The quantitative estimate of drug-likeness (QED) is 0.602. The van der Waals surface area contributed by atoms with Crippen LogP contribution in [0.5, 0.6) is 5.75 Å². The number of hydrogen-bond donors (Lipinski definition) is 2. The fraction of sp³-hybridized carbons (Fsp3) is 0.440. The van der Waals surface area contributed by atoms with Gasteiger partial charge in [0, 0.05) is 54.7 Å². The van der Waals surface area contributed by atoms with Crippen molar-refractivity contribution in [1.82, 2.24) is 30.0 Å². The van der Waals surface area contributed by atoms with Crippen molar-refractivity contribution in [2.24, 2.45) is 0 Å². The number of carbonyl (C=O) groups excluding carboxylic acids is 1. The van der Waals surface area contributed by atoms with Gasteiger partial charge in [0.1, 0.15) is 6.10 Å². The molecule has 0 bridgehead atoms. The fourth-order valence-electron chi connectivity index (χ4n) is 5.06. The molecule has 2 amide bonds. The van der Waals surface area contributed by atoms with Gasteiger partial charge < -0.3 is 20.7 Å². The van der Waals surface area contributed by atoms with E-state index in [1.54, 1.807) is 6.20 Å². The van der Waals surface area contributed by atoms with E-state index in [2.05, 4.69) is 26.0 Å². The SMILES string of the molecule is CCNC(=O)N1CC[C@@]2(CCn3nc(-c4cnc(N)c(OC(C)c5cccc(C)n5)c4)cc32)C1. The highest BCUT2D eigenvalue weighted by molar-refractivity contribution is 5.75. The lowest BCUT2D eigenvalue weighted by atomic mass is 9.82. The molecule has 1 unspecified atom stereocenters. The van der Waals surface area contributed by atoms with E-state index in [1.165, 1.54) is 5.69 Å². The number of fused-ring (bicyclic) bond motifs is 2. The molecule has 9 nitrogen and oxygen atoms in total. The van der Waals surface area contributed by atoms with Gasteiger partial charge in [0.25, 0.3) is 0 Å². The van der Waals surface area contributed by atoms with Gasteiger partial charge in [-0.05, 0) is 57.9 Å². The lowest BCUT2D eigenvalue weighted by molar-refractivity contribution is 0.206. The summed E-state index contributed by atoms with van der Waals surface area (Å²) >= 11 is 0. The summed E-state index contributed by atoms with van der Waals surface area (Å²) in [4.78, 5) is 23.2. The predicted octanol–water partition coefficient (Wildman–Crippen LogP) is 3.45. The van der Waals surface area contributed by atoms with Crippen molar-refractivity contribution >= 4 is 11.8 Å². The Morgan fingerprint density at radius 2 is 2.12 bits per heavy atom. The minimum Gasteiger partial charge on any atom is -0.481 e. The molecule has 1 fully saturated rings. The smallest absolute Gasteiger partial charge is 0.317 e. The number of ether oxygens (including phenoxy) is 1. The Balaban J connectivity index is 1.38. The zero-order chi connectivity index (χ0) is 23.9. The van der Waals surface area contributed by atoms with Crippen LogP contribution < -0.4 is 15.8 Å². The van der Waals surface area contributed by atoms with Crippen LogP contribution in [0.15, 0.2) is 36.5 Å². The van der Waals surface area contributed by atoms with E-state index in [0.29, 0.717) is 18.1 Å². The van der Waals surface area contributed by atoms with E-state index in [9.17, 15) is 4.79 Å². The Kier molecular flexibility index (Phi) is 5.63. The maximum Gasteiger partial charge on any atom is 0.317 e. The largest absolute Gasteiger partial charge is 0.481 e. The zero-order valence-corrected chi connectivity index (χ0v) is 19.9. The standard InChI is InChI=1S/C25H31N7O2/c1-4-27-24(33)31-10-8-25(15-31)9-11-32-22(25)13-20(30-32)18-12-21(23(26)28-14-18)34-17(3)19-7-5-6-16(2)29-19/h5-7,12-14,17H,4,8-11,15H2,1-3H3,(H2,26,28)(H,27,33)/t17?,25-/m1/s1. The summed E-state index contributed by atoms with van der Waals surface area (Å²) in [6.07, 6.45) is 3.41. The molecule has 34 heavy (non-hydrogen) atoms. The number of urea groups is 1. The number of hydrogen-bond acceptors (Lipinski definition) is 6. The number of nitrogens with one attached hydrogen (secondary N) is 1. The molecular formula is C25H31N7O2. The molecule has 0 radical (unpaired) electrons. The number of amides is 2. The molecule has 9 heteroatoms. The molecular weight excluding hydrogens is 430 g/mol. The lowest BCUT2D eigenvalue weighted by Gasteiger charge is -2.23. The molecule has 5 heterocycles. The van der Waals surface area contributed by atoms with Gasteiger partial charge in [-0.3, -0.25) is 9.67 Å². The van der Waals surface area contributed by atoms with Crippen molar-refractivity contribution in [3.05, 3.63) is 53.6 Å². The third-order valence-electron chi connectivity index (χ3n) is 6.90. The monoisotopic (exact) mass is 461 g/mol. The Morgan fingerprint density at radius 1 is 1.29 bits per heavy atom. The van der Waals surface area contributed by atoms with Gasteiger partial charge in [-0.25, -0.2) is 9.78 Å². The first kappa shape index (κ1) is 22.2. The molecule has 5 rings (SSSR count). The summed E-state index contributed by atoms with van der Waals surface area (Å²) in [7, 11) is 0. The molecule has 0 aliphatic carbocycles. The number of aryl methyl sites for hydroxylation is 2. The molecule has 2 atom stereocenters. The minimum absolute atomic E-state index is 0.0132. The van der Waals surface area contributed by atoms with Crippen molar-refractivity contribution in [2.45, 2.75) is 51.7 Å². The fourth-order valence-corrected chi connectivity index (χ4v) is 5.06. The number of nitrogens with zero attached hydrogens (tertiary/aromatic N) is 5. The van der Waals surface area contributed by atoms with Crippen LogP contribution in [0.1, 0.15) is 49.9 Å². The number of carbonyl (C=O) groups is 1. The van der Waals surface area contributed by atoms with Gasteiger partial charge >= 0.3 is 6.03 Å². The predicted molar refractivity (Wildman–Crippen MR) is 129 cm³/mol. The van der Waals surface area contributed by atoms with Crippen LogP contribution in [0.4, 0.5) is 10.6 Å². The molecule has 1 saturated heterocycles. The van der Waals surface area contributed by atoms with Crippen LogP contribution >= 0.6 is 0 Å². The van der Waals surface area contributed by atoms with E-state index in [-0.39, 0.29) is 17.6 Å². The summed E-state index contributed by atoms with van der Waals surface area (Å²) in [5.41, 5.74) is 10.7. The lowest BCUT2D eigenvalue weighted by Crippen LogP contribution is -2.40. The highest BCUT2D eigenvalue weighted by atomic mass is 16.5. The Hall–Kier alpha value is -3.62. The van der Waals surface area contributed by atoms with Crippen molar-refractivity contribution < 1.29 is 9.53 Å². The van der Waals surface area contributed by atoms with Gasteiger partial charge in [-0.1, -0.05) is 6.07 Å². The average molecular weight is 462 g/mol. The first-order valence-electron chi connectivity index (χ1n) is 11.9.